The van der Waals surface area contributed by atoms with Gasteiger partial charge in [-0.1, -0.05) is 6.07 Å². The van der Waals surface area contributed by atoms with E-state index in [0.29, 0.717) is 23.7 Å². The number of hydrogen-bond donors (Lipinski definition) is 3. The van der Waals surface area contributed by atoms with Gasteiger partial charge in [0.2, 0.25) is 0 Å². The molecule has 0 aliphatic carbocycles. The van der Waals surface area contributed by atoms with Crippen molar-refractivity contribution in [3.8, 4) is 5.75 Å². The van der Waals surface area contributed by atoms with Crippen LogP contribution in [0, 0.1) is 11.6 Å². The van der Waals surface area contributed by atoms with E-state index in [1.165, 1.54) is 6.07 Å². The average Bonchev–Trinajstić information content (AvgIpc) is 2.72. The van der Waals surface area contributed by atoms with Crippen LogP contribution in [0.15, 0.2) is 36.4 Å². The minimum atomic E-state index is -0.845. The Labute approximate surface area is 172 Å². The molecule has 2 aliphatic rings. The molecule has 2 aliphatic heterocycles. The first-order valence-corrected chi connectivity index (χ1v) is 9.77. The first-order chi connectivity index (χ1) is 14.5. The highest BCUT2D eigenvalue weighted by Gasteiger charge is 2.22. The second-order valence-corrected chi connectivity index (χ2v) is 7.45. The largest absolute Gasteiger partial charge is 0.482 e. The van der Waals surface area contributed by atoms with Crippen LogP contribution in [0.4, 0.5) is 25.0 Å². The molecule has 2 heterocycles. The molecule has 30 heavy (non-hydrogen) atoms. The van der Waals surface area contributed by atoms with Crippen molar-refractivity contribution in [3.05, 3.63) is 53.6 Å². The number of fused-ring (bicyclic) bond motifs is 1. The van der Waals surface area contributed by atoms with E-state index < -0.39 is 11.6 Å². The lowest BCUT2D eigenvalue weighted by Gasteiger charge is -2.32. The van der Waals surface area contributed by atoms with Crippen molar-refractivity contribution < 1.29 is 23.1 Å². The maximum absolute atomic E-state index is 13.4. The molecule has 3 amide bonds. The SMILES string of the molecule is O=C1COc2cc(NC(=O)NC3CCN(Cc4ccc(F)c(F)c4)CC3)ccc2N1. The summed E-state index contributed by atoms with van der Waals surface area (Å²) in [4.78, 5) is 25.8. The van der Waals surface area contributed by atoms with Crippen LogP contribution in [0.1, 0.15) is 18.4 Å². The van der Waals surface area contributed by atoms with Crippen molar-refractivity contribution in [1.29, 1.82) is 0 Å². The Kier molecular flexibility index (Phi) is 5.80. The summed E-state index contributed by atoms with van der Waals surface area (Å²) in [6, 6.07) is 8.71. The molecule has 3 N–H and O–H groups in total. The van der Waals surface area contributed by atoms with E-state index >= 15 is 0 Å². The summed E-state index contributed by atoms with van der Waals surface area (Å²) in [5.41, 5.74) is 1.87. The summed E-state index contributed by atoms with van der Waals surface area (Å²) < 4.78 is 31.7. The van der Waals surface area contributed by atoms with Gasteiger partial charge in [-0.25, -0.2) is 13.6 Å². The summed E-state index contributed by atoms with van der Waals surface area (Å²) >= 11 is 0. The number of nitrogens with zero attached hydrogens (tertiary/aromatic N) is 1. The number of benzene rings is 2. The fraction of sp³-hybridized carbons (Fsp3) is 0.333. The van der Waals surface area contributed by atoms with Crippen LogP contribution in [0.3, 0.4) is 0 Å². The molecule has 0 bridgehead atoms. The van der Waals surface area contributed by atoms with Gasteiger partial charge in [-0.3, -0.25) is 9.69 Å². The van der Waals surface area contributed by atoms with E-state index in [4.69, 9.17) is 4.74 Å². The Bertz CT molecular complexity index is 961. The number of nitrogens with one attached hydrogen (secondary N) is 3. The van der Waals surface area contributed by atoms with Crippen LogP contribution in [0.25, 0.3) is 0 Å². The molecule has 0 radical (unpaired) electrons. The van der Waals surface area contributed by atoms with Crippen LogP contribution in [-0.4, -0.2) is 42.6 Å². The third kappa shape index (κ3) is 4.85. The van der Waals surface area contributed by atoms with E-state index in [9.17, 15) is 18.4 Å². The van der Waals surface area contributed by atoms with Gasteiger partial charge >= 0.3 is 6.03 Å². The first kappa shape index (κ1) is 20.1. The number of halogens is 2. The zero-order valence-electron chi connectivity index (χ0n) is 16.2. The third-order valence-corrected chi connectivity index (χ3v) is 5.19. The van der Waals surface area contributed by atoms with E-state index in [-0.39, 0.29) is 24.6 Å². The molecule has 0 atom stereocenters. The number of carbonyl (C=O) groups is 2. The fourth-order valence-corrected chi connectivity index (χ4v) is 3.64. The summed E-state index contributed by atoms with van der Waals surface area (Å²) in [5, 5.41) is 8.44. The lowest BCUT2D eigenvalue weighted by Crippen LogP contribution is -2.45. The Morgan fingerprint density at radius 1 is 1.13 bits per heavy atom. The van der Waals surface area contributed by atoms with Crippen molar-refractivity contribution in [2.75, 3.05) is 30.3 Å². The van der Waals surface area contributed by atoms with E-state index in [1.54, 1.807) is 24.3 Å². The van der Waals surface area contributed by atoms with Gasteiger partial charge in [0.1, 0.15) is 5.75 Å². The van der Waals surface area contributed by atoms with Crippen LogP contribution in [0.2, 0.25) is 0 Å². The average molecular weight is 416 g/mol. The van der Waals surface area contributed by atoms with Gasteiger partial charge in [0.25, 0.3) is 5.91 Å². The van der Waals surface area contributed by atoms with Crippen LogP contribution >= 0.6 is 0 Å². The molecular formula is C21H22F2N4O3. The van der Waals surface area contributed by atoms with Crippen LogP contribution < -0.4 is 20.7 Å². The maximum atomic E-state index is 13.4. The Morgan fingerprint density at radius 3 is 2.70 bits per heavy atom. The highest BCUT2D eigenvalue weighted by molar-refractivity contribution is 5.96. The molecule has 0 unspecified atom stereocenters. The smallest absolute Gasteiger partial charge is 0.319 e. The molecule has 9 heteroatoms. The van der Waals surface area contributed by atoms with Crippen molar-refractivity contribution >= 4 is 23.3 Å². The molecule has 1 saturated heterocycles. The second kappa shape index (κ2) is 8.66. The standard InChI is InChI=1S/C21H22F2N4O3/c22-16-3-1-13(9-17(16)23)11-27-7-5-14(6-8-27)24-21(29)25-15-2-4-18-19(10-15)30-12-20(28)26-18/h1-4,9-10,14H,5-8,11-12H2,(H,26,28)(H2,24,25,29). The predicted molar refractivity (Wildman–Crippen MR) is 107 cm³/mol. The zero-order valence-corrected chi connectivity index (χ0v) is 16.2. The van der Waals surface area contributed by atoms with E-state index in [2.05, 4.69) is 20.9 Å². The van der Waals surface area contributed by atoms with Crippen molar-refractivity contribution in [1.82, 2.24) is 10.2 Å². The fourth-order valence-electron chi connectivity index (χ4n) is 3.64. The number of likely N-dealkylation sites (tertiary alicyclic amines) is 1. The second-order valence-electron chi connectivity index (χ2n) is 7.45. The minimum absolute atomic E-state index is 0.0272. The molecular weight excluding hydrogens is 394 g/mol. The first-order valence-electron chi connectivity index (χ1n) is 9.77. The topological polar surface area (TPSA) is 82.7 Å². The third-order valence-electron chi connectivity index (χ3n) is 5.19. The Morgan fingerprint density at radius 2 is 1.93 bits per heavy atom. The van der Waals surface area contributed by atoms with Gasteiger partial charge in [0.05, 0.1) is 5.69 Å². The molecule has 2 aromatic rings. The van der Waals surface area contributed by atoms with Gasteiger partial charge in [0, 0.05) is 37.4 Å². The number of ether oxygens (including phenoxy) is 1. The summed E-state index contributed by atoms with van der Waals surface area (Å²) in [5.74, 6) is -1.38. The van der Waals surface area contributed by atoms with Gasteiger partial charge in [-0.05, 0) is 42.7 Å². The Balaban J connectivity index is 1.24. The number of hydrogen-bond acceptors (Lipinski definition) is 4. The summed E-state index contributed by atoms with van der Waals surface area (Å²) in [6.45, 7) is 1.99. The quantitative estimate of drug-likeness (QED) is 0.716. The molecule has 2 aromatic carbocycles. The van der Waals surface area contributed by atoms with Gasteiger partial charge < -0.3 is 20.7 Å². The number of carbonyl (C=O) groups excluding carboxylic acids is 2. The molecule has 4 rings (SSSR count). The van der Waals surface area contributed by atoms with Gasteiger partial charge in [-0.15, -0.1) is 0 Å². The molecule has 0 saturated carbocycles. The lowest BCUT2D eigenvalue weighted by atomic mass is 10.0. The number of anilines is 2. The summed E-state index contributed by atoms with van der Waals surface area (Å²) in [6.07, 6.45) is 1.52. The number of amides is 3. The maximum Gasteiger partial charge on any atom is 0.319 e. The molecule has 7 nitrogen and oxygen atoms in total. The normalized spacial score (nSPS) is 16.9. The van der Waals surface area contributed by atoms with E-state index in [0.717, 1.165) is 37.6 Å². The van der Waals surface area contributed by atoms with Crippen molar-refractivity contribution in [3.63, 3.8) is 0 Å². The lowest BCUT2D eigenvalue weighted by molar-refractivity contribution is -0.118. The molecule has 158 valence electrons. The molecule has 0 aromatic heterocycles. The summed E-state index contributed by atoms with van der Waals surface area (Å²) in [7, 11) is 0. The monoisotopic (exact) mass is 416 g/mol. The number of piperidine rings is 1. The Hall–Kier alpha value is -3.20. The number of rotatable bonds is 4. The molecule has 0 spiro atoms. The van der Waals surface area contributed by atoms with E-state index in [1.807, 2.05) is 0 Å². The highest BCUT2D eigenvalue weighted by atomic mass is 19.2. The predicted octanol–water partition coefficient (Wildman–Crippen LogP) is 3.08. The van der Waals surface area contributed by atoms with Crippen LogP contribution in [-0.2, 0) is 11.3 Å². The minimum Gasteiger partial charge on any atom is -0.482 e. The number of urea groups is 1. The van der Waals surface area contributed by atoms with Crippen LogP contribution in [0.5, 0.6) is 5.75 Å². The van der Waals surface area contributed by atoms with Crippen molar-refractivity contribution in [2.45, 2.75) is 25.4 Å². The van der Waals surface area contributed by atoms with Gasteiger partial charge in [0.15, 0.2) is 18.2 Å². The zero-order chi connectivity index (χ0) is 21.1. The molecule has 1 fully saturated rings. The highest BCUT2D eigenvalue weighted by Crippen LogP contribution is 2.30. The van der Waals surface area contributed by atoms with Gasteiger partial charge in [-0.2, -0.15) is 0 Å². The van der Waals surface area contributed by atoms with Crippen molar-refractivity contribution in [2.24, 2.45) is 0 Å².